The fourth-order valence-electron chi connectivity index (χ4n) is 1.86. The number of hydrogen-bond donors (Lipinski definition) is 2. The molecule has 1 amide bonds. The molecule has 0 saturated heterocycles. The number of carbonyl (C=O) groups excluding carboxylic acids is 1. The number of carboxylic acids is 1. The summed E-state index contributed by atoms with van der Waals surface area (Å²) in [6.07, 6.45) is 0.803. The fourth-order valence-corrected chi connectivity index (χ4v) is 1.86. The van der Waals surface area contributed by atoms with Gasteiger partial charge in [-0.2, -0.15) is 0 Å². The first-order chi connectivity index (χ1) is 9.60. The van der Waals surface area contributed by atoms with E-state index in [1.807, 2.05) is 6.92 Å². The molecule has 1 saturated carbocycles. The average molecular weight is 279 g/mol. The molecule has 108 valence electrons. The van der Waals surface area contributed by atoms with E-state index >= 15 is 0 Å². The summed E-state index contributed by atoms with van der Waals surface area (Å²) in [4.78, 5) is 22.2. The van der Waals surface area contributed by atoms with Crippen LogP contribution in [0.2, 0.25) is 0 Å². The normalized spacial score (nSPS) is 20.2. The number of aliphatic carboxylic acids is 1. The zero-order valence-electron chi connectivity index (χ0n) is 11.2. The highest BCUT2D eigenvalue weighted by Gasteiger charge is 2.43. The Balaban J connectivity index is 1.82. The zero-order valence-corrected chi connectivity index (χ0v) is 11.2. The number of hydrogen-bond acceptors (Lipinski definition) is 4. The summed E-state index contributed by atoms with van der Waals surface area (Å²) in [7, 11) is 0. The highest BCUT2D eigenvalue weighted by atomic mass is 16.5. The molecule has 0 heterocycles. The first kappa shape index (κ1) is 14.3. The Morgan fingerprint density at radius 2 is 2.05 bits per heavy atom. The lowest BCUT2D eigenvalue weighted by Gasteiger charge is -2.07. The van der Waals surface area contributed by atoms with Crippen LogP contribution in [0.4, 0.5) is 5.69 Å². The first-order valence-corrected chi connectivity index (χ1v) is 6.47. The van der Waals surface area contributed by atoms with Crippen LogP contribution in [-0.2, 0) is 14.3 Å². The molecule has 1 aromatic rings. The summed E-state index contributed by atoms with van der Waals surface area (Å²) in [6.45, 7) is 2.14. The van der Waals surface area contributed by atoms with Crippen LogP contribution in [0.5, 0.6) is 5.75 Å². The number of benzene rings is 1. The lowest BCUT2D eigenvalue weighted by atomic mass is 10.3. The maximum Gasteiger partial charge on any atom is 0.341 e. The van der Waals surface area contributed by atoms with E-state index in [-0.39, 0.29) is 24.5 Å². The lowest BCUT2D eigenvalue weighted by Crippen LogP contribution is -2.16. The lowest BCUT2D eigenvalue weighted by molar-refractivity contribution is -0.139. The number of carbonyl (C=O) groups is 2. The molecule has 1 fully saturated rings. The van der Waals surface area contributed by atoms with E-state index in [1.54, 1.807) is 24.3 Å². The molecule has 0 radical (unpaired) electrons. The molecule has 1 aliphatic rings. The van der Waals surface area contributed by atoms with Crippen molar-refractivity contribution in [2.75, 3.05) is 18.5 Å². The third kappa shape index (κ3) is 3.96. The van der Waals surface area contributed by atoms with Gasteiger partial charge in [0, 0.05) is 12.3 Å². The molecule has 2 atom stereocenters. The summed E-state index contributed by atoms with van der Waals surface area (Å²) < 4.78 is 10.4. The molecule has 6 heteroatoms. The van der Waals surface area contributed by atoms with Crippen molar-refractivity contribution in [1.82, 2.24) is 0 Å². The number of rotatable bonds is 7. The summed E-state index contributed by atoms with van der Waals surface area (Å²) in [5.41, 5.74) is 0.653. The molecule has 0 bridgehead atoms. The largest absolute Gasteiger partial charge is 0.482 e. The predicted molar refractivity (Wildman–Crippen MR) is 71.7 cm³/mol. The van der Waals surface area contributed by atoms with Crippen LogP contribution in [0.1, 0.15) is 13.3 Å². The van der Waals surface area contributed by atoms with Gasteiger partial charge in [-0.15, -0.1) is 0 Å². The van der Waals surface area contributed by atoms with E-state index < -0.39 is 5.97 Å². The Kier molecular flexibility index (Phi) is 4.57. The van der Waals surface area contributed by atoms with Crippen molar-refractivity contribution >= 4 is 17.6 Å². The van der Waals surface area contributed by atoms with Crippen LogP contribution in [0.25, 0.3) is 0 Å². The van der Waals surface area contributed by atoms with Gasteiger partial charge in [0.05, 0.1) is 12.0 Å². The fraction of sp³-hybridized carbons (Fsp3) is 0.429. The first-order valence-electron chi connectivity index (χ1n) is 6.47. The van der Waals surface area contributed by atoms with Crippen LogP contribution in [0, 0.1) is 5.92 Å². The van der Waals surface area contributed by atoms with Gasteiger partial charge in [-0.05, 0) is 37.6 Å². The second-order valence-electron chi connectivity index (χ2n) is 4.53. The van der Waals surface area contributed by atoms with Crippen molar-refractivity contribution in [2.24, 2.45) is 5.92 Å². The molecular formula is C14H17NO5. The van der Waals surface area contributed by atoms with Gasteiger partial charge in [-0.1, -0.05) is 0 Å². The van der Waals surface area contributed by atoms with Crippen LogP contribution in [-0.4, -0.2) is 36.3 Å². The summed E-state index contributed by atoms with van der Waals surface area (Å²) in [5.74, 6) is -0.706. The molecule has 0 spiro atoms. The van der Waals surface area contributed by atoms with Crippen LogP contribution in [0.3, 0.4) is 0 Å². The smallest absolute Gasteiger partial charge is 0.341 e. The molecule has 6 nitrogen and oxygen atoms in total. The van der Waals surface area contributed by atoms with Gasteiger partial charge in [0.1, 0.15) is 5.75 Å². The minimum Gasteiger partial charge on any atom is -0.482 e. The van der Waals surface area contributed by atoms with Gasteiger partial charge in [-0.3, -0.25) is 4.79 Å². The maximum atomic E-state index is 11.9. The van der Waals surface area contributed by atoms with Gasteiger partial charge in [-0.25, -0.2) is 4.79 Å². The van der Waals surface area contributed by atoms with Gasteiger partial charge < -0.3 is 19.9 Å². The second-order valence-corrected chi connectivity index (χ2v) is 4.53. The van der Waals surface area contributed by atoms with Crippen LogP contribution < -0.4 is 10.1 Å². The molecular weight excluding hydrogens is 262 g/mol. The van der Waals surface area contributed by atoms with Crippen molar-refractivity contribution in [1.29, 1.82) is 0 Å². The standard InChI is InChI=1S/C14H17NO5/c1-2-19-12-7-11(12)14(18)15-9-3-5-10(6-4-9)20-8-13(16)17/h3-6,11-12H,2,7-8H2,1H3,(H,15,18)(H,16,17). The number of ether oxygens (including phenoxy) is 2. The van der Waals surface area contributed by atoms with E-state index in [9.17, 15) is 9.59 Å². The monoisotopic (exact) mass is 279 g/mol. The topological polar surface area (TPSA) is 84.9 Å². The Hall–Kier alpha value is -2.08. The van der Waals surface area contributed by atoms with E-state index in [4.69, 9.17) is 14.6 Å². The number of anilines is 1. The van der Waals surface area contributed by atoms with E-state index in [0.29, 0.717) is 18.0 Å². The zero-order chi connectivity index (χ0) is 14.5. The van der Waals surface area contributed by atoms with Crippen molar-refractivity contribution in [2.45, 2.75) is 19.4 Å². The predicted octanol–water partition coefficient (Wildman–Crippen LogP) is 1.51. The Labute approximate surface area is 116 Å². The number of amides is 1. The molecule has 2 unspecified atom stereocenters. The second kappa shape index (κ2) is 6.38. The highest BCUT2D eigenvalue weighted by molar-refractivity contribution is 5.94. The summed E-state index contributed by atoms with van der Waals surface area (Å²) >= 11 is 0. The number of nitrogens with one attached hydrogen (secondary N) is 1. The molecule has 20 heavy (non-hydrogen) atoms. The maximum absolute atomic E-state index is 11.9. The minimum atomic E-state index is -1.03. The summed E-state index contributed by atoms with van der Waals surface area (Å²) in [6, 6.07) is 6.58. The van der Waals surface area contributed by atoms with Crippen molar-refractivity contribution in [3.8, 4) is 5.75 Å². The van der Waals surface area contributed by atoms with Crippen molar-refractivity contribution in [3.05, 3.63) is 24.3 Å². The SMILES string of the molecule is CCOC1CC1C(=O)Nc1ccc(OCC(=O)O)cc1. The molecule has 0 aliphatic heterocycles. The Morgan fingerprint density at radius 1 is 1.35 bits per heavy atom. The minimum absolute atomic E-state index is 0.0400. The molecule has 2 rings (SSSR count). The van der Waals surface area contributed by atoms with Gasteiger partial charge in [0.25, 0.3) is 0 Å². The van der Waals surface area contributed by atoms with Gasteiger partial charge >= 0.3 is 5.97 Å². The molecule has 2 N–H and O–H groups in total. The quantitative estimate of drug-likeness (QED) is 0.790. The van der Waals surface area contributed by atoms with Crippen molar-refractivity contribution < 1.29 is 24.2 Å². The number of carboxylic acid groups (broad SMARTS) is 1. The van der Waals surface area contributed by atoms with Gasteiger partial charge in [0.2, 0.25) is 5.91 Å². The highest BCUT2D eigenvalue weighted by Crippen LogP contribution is 2.34. The van der Waals surface area contributed by atoms with Gasteiger partial charge in [0.15, 0.2) is 6.61 Å². The summed E-state index contributed by atoms with van der Waals surface area (Å²) in [5, 5.41) is 11.3. The Morgan fingerprint density at radius 3 is 2.65 bits per heavy atom. The molecule has 0 aromatic heterocycles. The van der Waals surface area contributed by atoms with E-state index in [0.717, 1.165) is 6.42 Å². The van der Waals surface area contributed by atoms with Crippen molar-refractivity contribution in [3.63, 3.8) is 0 Å². The van der Waals surface area contributed by atoms with E-state index in [2.05, 4.69) is 5.32 Å². The third-order valence-corrected chi connectivity index (χ3v) is 2.93. The molecule has 1 aromatic carbocycles. The van der Waals surface area contributed by atoms with Crippen LogP contribution in [0.15, 0.2) is 24.3 Å². The average Bonchev–Trinajstić information content (AvgIpc) is 3.18. The van der Waals surface area contributed by atoms with E-state index in [1.165, 1.54) is 0 Å². The third-order valence-electron chi connectivity index (χ3n) is 2.93. The van der Waals surface area contributed by atoms with Crippen LogP contribution >= 0.6 is 0 Å². The Bertz CT molecular complexity index is 485. The molecule has 1 aliphatic carbocycles.